The number of nitrogen functional groups attached to an aromatic ring is 1. The fraction of sp³-hybridized carbons (Fsp3) is 0.667. The second-order valence-corrected chi connectivity index (χ2v) is 4.69. The van der Waals surface area contributed by atoms with Crippen molar-refractivity contribution >= 4 is 17.6 Å². The molecule has 94 valence electrons. The van der Waals surface area contributed by atoms with Crippen LogP contribution in [-0.4, -0.2) is 22.6 Å². The van der Waals surface area contributed by atoms with Crippen LogP contribution in [0.15, 0.2) is 6.07 Å². The van der Waals surface area contributed by atoms with Crippen molar-refractivity contribution in [1.82, 2.24) is 9.97 Å². The van der Waals surface area contributed by atoms with E-state index in [1.165, 1.54) is 12.8 Å². The van der Waals surface area contributed by atoms with Gasteiger partial charge in [0.1, 0.15) is 11.6 Å². The molecule has 0 radical (unpaired) electrons. The van der Waals surface area contributed by atoms with Gasteiger partial charge in [-0.05, 0) is 32.1 Å². The molecule has 0 amide bonds. The highest BCUT2D eigenvalue weighted by molar-refractivity contribution is 5.51. The monoisotopic (exact) mass is 235 g/mol. The van der Waals surface area contributed by atoms with Gasteiger partial charge in [-0.15, -0.1) is 0 Å². The zero-order chi connectivity index (χ0) is 12.3. The highest BCUT2D eigenvalue weighted by Gasteiger charge is 2.28. The Balaban J connectivity index is 2.02. The van der Waals surface area contributed by atoms with Gasteiger partial charge in [0.25, 0.3) is 0 Å². The van der Waals surface area contributed by atoms with Crippen LogP contribution >= 0.6 is 0 Å². The van der Waals surface area contributed by atoms with Crippen LogP contribution in [0.4, 0.5) is 17.6 Å². The summed E-state index contributed by atoms with van der Waals surface area (Å²) in [5.74, 6) is 2.72. The smallest absolute Gasteiger partial charge is 0.223 e. The summed E-state index contributed by atoms with van der Waals surface area (Å²) in [6, 6.07) is 2.38. The highest BCUT2D eigenvalue weighted by atomic mass is 15.1. The first-order chi connectivity index (χ1) is 8.19. The van der Waals surface area contributed by atoms with Gasteiger partial charge >= 0.3 is 0 Å². The molecule has 2 rings (SSSR count). The predicted octanol–water partition coefficient (Wildman–Crippen LogP) is 2.09. The Labute approximate surface area is 102 Å². The average molecular weight is 235 g/mol. The van der Waals surface area contributed by atoms with Gasteiger partial charge in [0.05, 0.1) is 0 Å². The molecule has 17 heavy (non-hydrogen) atoms. The number of anilines is 3. The molecule has 1 aliphatic carbocycles. The third-order valence-electron chi connectivity index (χ3n) is 3.00. The van der Waals surface area contributed by atoms with E-state index in [0.29, 0.717) is 12.0 Å². The summed E-state index contributed by atoms with van der Waals surface area (Å²) in [6.07, 6.45) is 3.69. The molecule has 1 aromatic heterocycles. The van der Waals surface area contributed by atoms with E-state index >= 15 is 0 Å². The van der Waals surface area contributed by atoms with E-state index in [-0.39, 0.29) is 0 Å². The van der Waals surface area contributed by atoms with E-state index in [2.05, 4.69) is 34.4 Å². The number of aromatic nitrogens is 2. The SMILES string of the molecule is CCCNc1cc(NC(C)C2CC2)nc(N)n1. The van der Waals surface area contributed by atoms with E-state index in [4.69, 9.17) is 5.73 Å². The Morgan fingerprint density at radius 3 is 2.76 bits per heavy atom. The van der Waals surface area contributed by atoms with Gasteiger partial charge in [0.15, 0.2) is 0 Å². The summed E-state index contributed by atoms with van der Waals surface area (Å²) in [6.45, 7) is 5.20. The molecule has 1 aliphatic rings. The Morgan fingerprint density at radius 2 is 2.12 bits per heavy atom. The van der Waals surface area contributed by atoms with E-state index in [1.54, 1.807) is 0 Å². The maximum atomic E-state index is 5.70. The van der Waals surface area contributed by atoms with Crippen LogP contribution in [0, 0.1) is 5.92 Å². The second-order valence-electron chi connectivity index (χ2n) is 4.69. The van der Waals surface area contributed by atoms with Crippen LogP contribution in [0.25, 0.3) is 0 Å². The largest absolute Gasteiger partial charge is 0.370 e. The van der Waals surface area contributed by atoms with Crippen LogP contribution in [0.1, 0.15) is 33.1 Å². The lowest BCUT2D eigenvalue weighted by Crippen LogP contribution is -2.19. The Kier molecular flexibility index (Phi) is 3.66. The molecule has 5 heteroatoms. The summed E-state index contributed by atoms with van der Waals surface area (Å²) in [4.78, 5) is 8.36. The molecule has 5 nitrogen and oxygen atoms in total. The van der Waals surface area contributed by atoms with Gasteiger partial charge in [0.2, 0.25) is 5.95 Å². The molecule has 1 saturated carbocycles. The molecule has 0 spiro atoms. The molecule has 1 unspecified atom stereocenters. The molecule has 1 atom stereocenters. The molecule has 1 heterocycles. The molecular formula is C12H21N5. The lowest BCUT2D eigenvalue weighted by atomic mass is 10.2. The summed E-state index contributed by atoms with van der Waals surface area (Å²) >= 11 is 0. The number of hydrogen-bond acceptors (Lipinski definition) is 5. The van der Waals surface area contributed by atoms with E-state index in [1.807, 2.05) is 6.07 Å². The van der Waals surface area contributed by atoms with Crippen molar-refractivity contribution < 1.29 is 0 Å². The second kappa shape index (κ2) is 5.21. The molecule has 0 aromatic carbocycles. The lowest BCUT2D eigenvalue weighted by Gasteiger charge is -2.14. The van der Waals surface area contributed by atoms with Crippen molar-refractivity contribution in [3.8, 4) is 0 Å². The predicted molar refractivity (Wildman–Crippen MR) is 71.0 cm³/mol. The van der Waals surface area contributed by atoms with Gasteiger partial charge in [-0.25, -0.2) is 0 Å². The quantitative estimate of drug-likeness (QED) is 0.704. The summed E-state index contributed by atoms with van der Waals surface area (Å²) in [5, 5.41) is 6.61. The van der Waals surface area contributed by atoms with E-state index in [9.17, 15) is 0 Å². The summed E-state index contributed by atoms with van der Waals surface area (Å²) < 4.78 is 0. The van der Waals surface area contributed by atoms with Gasteiger partial charge < -0.3 is 16.4 Å². The van der Waals surface area contributed by atoms with Gasteiger partial charge in [-0.1, -0.05) is 6.92 Å². The number of hydrogen-bond donors (Lipinski definition) is 3. The van der Waals surface area contributed by atoms with Crippen molar-refractivity contribution in [2.24, 2.45) is 5.92 Å². The van der Waals surface area contributed by atoms with Crippen LogP contribution in [0.3, 0.4) is 0 Å². The maximum Gasteiger partial charge on any atom is 0.223 e. The van der Waals surface area contributed by atoms with Crippen LogP contribution < -0.4 is 16.4 Å². The third-order valence-corrected chi connectivity index (χ3v) is 3.00. The molecule has 0 aliphatic heterocycles. The Bertz CT molecular complexity index is 375. The Morgan fingerprint density at radius 1 is 1.41 bits per heavy atom. The van der Waals surface area contributed by atoms with Gasteiger partial charge in [-0.2, -0.15) is 9.97 Å². The van der Waals surface area contributed by atoms with Crippen molar-refractivity contribution in [3.63, 3.8) is 0 Å². The summed E-state index contributed by atoms with van der Waals surface area (Å²) in [5.41, 5.74) is 5.70. The standard InChI is InChI=1S/C12H21N5/c1-3-6-14-10-7-11(17-12(13)16-10)15-8(2)9-4-5-9/h7-9H,3-6H2,1-2H3,(H4,13,14,15,16,17). The van der Waals surface area contributed by atoms with Crippen LogP contribution in [0.2, 0.25) is 0 Å². The van der Waals surface area contributed by atoms with Crippen LogP contribution in [-0.2, 0) is 0 Å². The number of rotatable bonds is 6. The zero-order valence-corrected chi connectivity index (χ0v) is 10.5. The molecule has 4 N–H and O–H groups in total. The zero-order valence-electron chi connectivity index (χ0n) is 10.5. The minimum absolute atomic E-state index is 0.316. The van der Waals surface area contributed by atoms with Crippen molar-refractivity contribution in [2.75, 3.05) is 22.9 Å². The van der Waals surface area contributed by atoms with Crippen LogP contribution in [0.5, 0.6) is 0 Å². The topological polar surface area (TPSA) is 75.9 Å². The summed E-state index contributed by atoms with van der Waals surface area (Å²) in [7, 11) is 0. The third kappa shape index (κ3) is 3.47. The molecule has 1 fully saturated rings. The first-order valence-electron chi connectivity index (χ1n) is 6.34. The Hall–Kier alpha value is -1.52. The minimum Gasteiger partial charge on any atom is -0.370 e. The number of nitrogens with two attached hydrogens (primary N) is 1. The first-order valence-corrected chi connectivity index (χ1v) is 6.34. The lowest BCUT2D eigenvalue weighted by molar-refractivity contribution is 0.690. The fourth-order valence-corrected chi connectivity index (χ4v) is 1.83. The van der Waals surface area contributed by atoms with Crippen molar-refractivity contribution in [1.29, 1.82) is 0 Å². The average Bonchev–Trinajstić information content (AvgIpc) is 3.09. The first kappa shape index (κ1) is 12.0. The molecular weight excluding hydrogens is 214 g/mol. The van der Waals surface area contributed by atoms with Gasteiger partial charge in [0, 0.05) is 18.7 Å². The maximum absolute atomic E-state index is 5.70. The van der Waals surface area contributed by atoms with Gasteiger partial charge in [-0.3, -0.25) is 0 Å². The highest BCUT2D eigenvalue weighted by Crippen LogP contribution is 2.33. The molecule has 0 saturated heterocycles. The molecule has 0 bridgehead atoms. The normalized spacial score (nSPS) is 16.6. The van der Waals surface area contributed by atoms with Crippen molar-refractivity contribution in [2.45, 2.75) is 39.2 Å². The van der Waals surface area contributed by atoms with Crippen molar-refractivity contribution in [3.05, 3.63) is 6.07 Å². The molecule has 1 aromatic rings. The van der Waals surface area contributed by atoms with E-state index in [0.717, 1.165) is 30.5 Å². The minimum atomic E-state index is 0.316. The number of nitrogens with zero attached hydrogens (tertiary/aromatic N) is 2. The number of nitrogens with one attached hydrogen (secondary N) is 2. The fourth-order valence-electron chi connectivity index (χ4n) is 1.83. The van der Waals surface area contributed by atoms with E-state index < -0.39 is 0 Å².